The van der Waals surface area contributed by atoms with Crippen molar-refractivity contribution in [2.45, 2.75) is 129 Å². The van der Waals surface area contributed by atoms with Gasteiger partial charge in [0.05, 0.1) is 31.9 Å². The van der Waals surface area contributed by atoms with Crippen molar-refractivity contribution in [3.05, 3.63) is 11.8 Å². The Hall–Kier alpha value is -0.740. The standard InChI is InChI=1S/C30H52N3O3S.HI/c1-4-6-8-10-11-12-13-21-27(34)36-30(25-18-14-15-19-25)33(3)22-17-20-26(24-33)28-29(32-37-31-28)35-23-16-9-7-5-2;/h20,25,30H,4-19,21-24H2,1-3H3;1H/q+1;/p-1. The fourth-order valence-electron chi connectivity index (χ4n) is 6.02. The molecule has 1 aliphatic heterocycles. The fraction of sp³-hybridized carbons (Fsp3) is 0.833. The Morgan fingerprint density at radius 3 is 2.37 bits per heavy atom. The van der Waals surface area contributed by atoms with E-state index in [1.807, 2.05) is 0 Å². The zero-order chi connectivity index (χ0) is 26.3. The van der Waals surface area contributed by atoms with E-state index in [9.17, 15) is 4.79 Å². The molecule has 218 valence electrons. The molecule has 1 aromatic heterocycles. The van der Waals surface area contributed by atoms with Crippen molar-refractivity contribution in [1.29, 1.82) is 0 Å². The van der Waals surface area contributed by atoms with E-state index in [2.05, 4.69) is 35.7 Å². The van der Waals surface area contributed by atoms with Gasteiger partial charge >= 0.3 is 5.97 Å². The third-order valence-corrected chi connectivity index (χ3v) is 8.73. The number of hydrogen-bond donors (Lipinski definition) is 0. The molecule has 0 saturated heterocycles. The number of rotatable bonds is 18. The van der Waals surface area contributed by atoms with Gasteiger partial charge in [-0.05, 0) is 25.7 Å². The SMILES string of the molecule is CCCCCCCCCC(=O)OC(C1CCCC1)[N+]1(C)CCC=C(c2nsnc2OCCCCCC)C1.[I-]. The quantitative estimate of drug-likeness (QED) is 0.0967. The maximum absolute atomic E-state index is 13.0. The van der Waals surface area contributed by atoms with Crippen LogP contribution >= 0.6 is 11.7 Å². The Kier molecular flexibility index (Phi) is 16.4. The smallest absolute Gasteiger partial charge is 0.310 e. The minimum absolute atomic E-state index is 0. The summed E-state index contributed by atoms with van der Waals surface area (Å²) in [5.41, 5.74) is 2.08. The third kappa shape index (κ3) is 10.7. The van der Waals surface area contributed by atoms with Crippen molar-refractivity contribution < 1.29 is 42.7 Å². The maximum atomic E-state index is 13.0. The molecule has 6 nitrogen and oxygen atoms in total. The number of aromatic nitrogens is 2. The molecule has 3 rings (SSSR count). The summed E-state index contributed by atoms with van der Waals surface area (Å²) in [7, 11) is 2.28. The number of ether oxygens (including phenoxy) is 2. The predicted octanol–water partition coefficient (Wildman–Crippen LogP) is 4.94. The number of carbonyl (C=O) groups excluding carboxylic acids is 1. The Balaban J connectivity index is 0.00000507. The third-order valence-electron chi connectivity index (χ3n) is 8.22. The molecule has 2 unspecified atom stereocenters. The van der Waals surface area contributed by atoms with Crippen LogP contribution < -0.4 is 28.7 Å². The van der Waals surface area contributed by atoms with E-state index >= 15 is 0 Å². The molecule has 2 atom stereocenters. The van der Waals surface area contributed by atoms with Gasteiger partial charge in [0.25, 0.3) is 5.88 Å². The number of nitrogens with zero attached hydrogens (tertiary/aromatic N) is 3. The molecule has 1 fully saturated rings. The first-order valence-corrected chi connectivity index (χ1v) is 16.0. The van der Waals surface area contributed by atoms with E-state index < -0.39 is 0 Å². The van der Waals surface area contributed by atoms with Gasteiger partial charge in [-0.2, -0.15) is 4.37 Å². The van der Waals surface area contributed by atoms with Crippen LogP contribution in [0, 0.1) is 5.92 Å². The van der Waals surface area contributed by atoms with Crippen LogP contribution in [-0.4, -0.2) is 52.2 Å². The second-order valence-corrected chi connectivity index (χ2v) is 12.0. The van der Waals surface area contributed by atoms with Crippen molar-refractivity contribution in [2.75, 3.05) is 26.7 Å². The Labute approximate surface area is 253 Å². The molecule has 1 aromatic rings. The summed E-state index contributed by atoms with van der Waals surface area (Å²) in [4.78, 5) is 13.0. The molecule has 0 bridgehead atoms. The number of carbonyl (C=O) groups is 1. The normalized spacial score (nSPS) is 20.6. The van der Waals surface area contributed by atoms with E-state index in [1.165, 1.54) is 81.5 Å². The van der Waals surface area contributed by atoms with Crippen LogP contribution in [0.1, 0.15) is 129 Å². The maximum Gasteiger partial charge on any atom is 0.310 e. The minimum Gasteiger partial charge on any atom is -1.00 e. The first-order chi connectivity index (χ1) is 18.1. The van der Waals surface area contributed by atoms with E-state index in [1.54, 1.807) is 0 Å². The number of halogens is 1. The monoisotopic (exact) mass is 661 g/mol. The molecular formula is C30H52IN3O3S. The Bertz CT molecular complexity index is 827. The lowest BCUT2D eigenvalue weighted by atomic mass is 9.98. The van der Waals surface area contributed by atoms with Gasteiger partial charge in [-0.1, -0.05) is 90.6 Å². The van der Waals surface area contributed by atoms with Gasteiger partial charge < -0.3 is 33.5 Å². The van der Waals surface area contributed by atoms with Gasteiger partial charge in [-0.25, -0.2) is 0 Å². The fourth-order valence-corrected chi connectivity index (χ4v) is 6.55. The molecule has 0 spiro atoms. The lowest BCUT2D eigenvalue weighted by Gasteiger charge is -2.45. The summed E-state index contributed by atoms with van der Waals surface area (Å²) in [6.07, 6.45) is 21.7. The van der Waals surface area contributed by atoms with Crippen LogP contribution in [0.15, 0.2) is 6.08 Å². The van der Waals surface area contributed by atoms with Crippen molar-refractivity contribution in [3.63, 3.8) is 0 Å². The van der Waals surface area contributed by atoms with Gasteiger partial charge in [0.15, 0.2) is 0 Å². The van der Waals surface area contributed by atoms with Gasteiger partial charge in [-0.3, -0.25) is 9.28 Å². The molecular weight excluding hydrogens is 609 g/mol. The number of unbranched alkanes of at least 4 members (excludes halogenated alkanes) is 9. The van der Waals surface area contributed by atoms with Gasteiger partial charge in [0, 0.05) is 24.3 Å². The topological polar surface area (TPSA) is 61.3 Å². The van der Waals surface area contributed by atoms with E-state index in [0.29, 0.717) is 24.8 Å². The van der Waals surface area contributed by atoms with Crippen LogP contribution in [0.25, 0.3) is 5.57 Å². The first-order valence-electron chi connectivity index (χ1n) is 15.3. The van der Waals surface area contributed by atoms with Crippen LogP contribution in [0.2, 0.25) is 0 Å². The van der Waals surface area contributed by atoms with Gasteiger partial charge in [0.2, 0.25) is 6.23 Å². The van der Waals surface area contributed by atoms with Crippen LogP contribution in [0.3, 0.4) is 0 Å². The molecule has 0 radical (unpaired) electrons. The molecule has 2 aliphatic rings. The zero-order valence-electron chi connectivity index (χ0n) is 24.2. The highest BCUT2D eigenvalue weighted by molar-refractivity contribution is 6.99. The number of hydrogen-bond acceptors (Lipinski definition) is 6. The summed E-state index contributed by atoms with van der Waals surface area (Å²) in [5.74, 6) is 1.12. The first kappa shape index (κ1) is 33.5. The zero-order valence-corrected chi connectivity index (χ0v) is 27.2. The summed E-state index contributed by atoms with van der Waals surface area (Å²) < 4.78 is 22.3. The number of esters is 1. The second-order valence-electron chi connectivity index (χ2n) is 11.5. The largest absolute Gasteiger partial charge is 1.00 e. The lowest BCUT2D eigenvalue weighted by Crippen LogP contribution is -3.00. The number of quaternary nitrogens is 1. The molecule has 2 heterocycles. The van der Waals surface area contributed by atoms with Crippen LogP contribution in [0.4, 0.5) is 0 Å². The van der Waals surface area contributed by atoms with E-state index in [0.717, 1.165) is 61.8 Å². The summed E-state index contributed by atoms with van der Waals surface area (Å²) in [6, 6.07) is 0. The lowest BCUT2D eigenvalue weighted by molar-refractivity contribution is -0.951. The van der Waals surface area contributed by atoms with Crippen molar-refractivity contribution in [1.82, 2.24) is 8.75 Å². The number of likely N-dealkylation sites (N-methyl/N-ethyl adjacent to an activating group) is 1. The molecule has 8 heteroatoms. The second kappa shape index (κ2) is 18.6. The highest BCUT2D eigenvalue weighted by Crippen LogP contribution is 2.38. The molecule has 1 saturated carbocycles. The van der Waals surface area contributed by atoms with Crippen molar-refractivity contribution >= 4 is 23.3 Å². The molecule has 0 aromatic carbocycles. The summed E-state index contributed by atoms with van der Waals surface area (Å²) in [6.45, 7) is 6.96. The minimum atomic E-state index is -0.0757. The van der Waals surface area contributed by atoms with E-state index in [-0.39, 0.29) is 36.2 Å². The Morgan fingerprint density at radius 2 is 1.66 bits per heavy atom. The molecule has 1 aliphatic carbocycles. The van der Waals surface area contributed by atoms with Crippen LogP contribution in [0.5, 0.6) is 5.88 Å². The van der Waals surface area contributed by atoms with Crippen molar-refractivity contribution in [2.24, 2.45) is 5.92 Å². The summed E-state index contributed by atoms with van der Waals surface area (Å²) in [5, 5.41) is 0. The average molecular weight is 662 g/mol. The van der Waals surface area contributed by atoms with Gasteiger partial charge in [0.1, 0.15) is 12.2 Å². The van der Waals surface area contributed by atoms with E-state index in [4.69, 9.17) is 9.47 Å². The van der Waals surface area contributed by atoms with Crippen LogP contribution in [-0.2, 0) is 9.53 Å². The molecule has 38 heavy (non-hydrogen) atoms. The average Bonchev–Trinajstić information content (AvgIpc) is 3.59. The highest BCUT2D eigenvalue weighted by atomic mass is 127. The Morgan fingerprint density at radius 1 is 1.00 bits per heavy atom. The summed E-state index contributed by atoms with van der Waals surface area (Å²) >= 11 is 1.23. The molecule has 0 N–H and O–H groups in total. The van der Waals surface area contributed by atoms with Crippen molar-refractivity contribution in [3.8, 4) is 5.88 Å². The highest BCUT2D eigenvalue weighted by Gasteiger charge is 2.44. The predicted molar refractivity (Wildman–Crippen MR) is 153 cm³/mol. The molecule has 0 amide bonds. The van der Waals surface area contributed by atoms with Gasteiger partial charge in [-0.15, -0.1) is 4.37 Å².